The second-order valence-corrected chi connectivity index (χ2v) is 4.92. The Morgan fingerprint density at radius 3 is 2.04 bits per heavy atom. The Bertz CT molecular complexity index is 867. The summed E-state index contributed by atoms with van der Waals surface area (Å²) < 4.78 is 9.86. The van der Waals surface area contributed by atoms with Gasteiger partial charge in [0.05, 0.1) is 30.9 Å². The van der Waals surface area contributed by atoms with Crippen LogP contribution in [0.3, 0.4) is 0 Å². The summed E-state index contributed by atoms with van der Waals surface area (Å²) in [5, 5.41) is 30.2. The predicted molar refractivity (Wildman–Crippen MR) is 77.8 cm³/mol. The molecule has 2 aromatic carbocycles. The predicted octanol–water partition coefficient (Wildman–Crippen LogP) is 1.60. The lowest BCUT2D eigenvalue weighted by Crippen LogP contribution is -2.21. The number of aromatic hydroxyl groups is 3. The molecular weight excluding hydrogens is 304 g/mol. The third-order valence-electron chi connectivity index (χ3n) is 3.72. The van der Waals surface area contributed by atoms with Gasteiger partial charge in [0.15, 0.2) is 17.3 Å². The maximum atomic E-state index is 12.7. The Balaban J connectivity index is 2.38. The number of hydrogen-bond donors (Lipinski definition) is 3. The van der Waals surface area contributed by atoms with Crippen LogP contribution in [0.2, 0.25) is 0 Å². The molecule has 0 fully saturated rings. The summed E-state index contributed by atoms with van der Waals surface area (Å²) in [6.45, 7) is 0. The maximum absolute atomic E-state index is 12.7. The zero-order valence-corrected chi connectivity index (χ0v) is 12.2. The maximum Gasteiger partial charge on any atom is 0.202 e. The van der Waals surface area contributed by atoms with Crippen molar-refractivity contribution in [1.82, 2.24) is 0 Å². The van der Waals surface area contributed by atoms with Gasteiger partial charge in [-0.15, -0.1) is 0 Å². The highest BCUT2D eigenvalue weighted by Gasteiger charge is 2.38. The monoisotopic (exact) mass is 316 g/mol. The summed E-state index contributed by atoms with van der Waals surface area (Å²) in [5.41, 5.74) is -1.11. The Labute approximate surface area is 130 Å². The van der Waals surface area contributed by atoms with Crippen molar-refractivity contribution >= 4 is 11.6 Å². The summed E-state index contributed by atoms with van der Waals surface area (Å²) in [6.07, 6.45) is 0. The van der Waals surface area contributed by atoms with E-state index in [1.807, 2.05) is 0 Å². The minimum atomic E-state index is -0.773. The molecule has 0 radical (unpaired) electrons. The molecule has 7 nitrogen and oxygen atoms in total. The van der Waals surface area contributed by atoms with Crippen LogP contribution in [-0.2, 0) is 0 Å². The minimum Gasteiger partial charge on any atom is -0.507 e. The molecule has 0 amide bonds. The fraction of sp³-hybridized carbons (Fsp3) is 0.125. The van der Waals surface area contributed by atoms with E-state index in [9.17, 15) is 24.9 Å². The molecule has 1 aliphatic carbocycles. The van der Waals surface area contributed by atoms with Crippen LogP contribution >= 0.6 is 0 Å². The van der Waals surface area contributed by atoms with E-state index in [1.165, 1.54) is 26.4 Å². The highest BCUT2D eigenvalue weighted by Crippen LogP contribution is 2.45. The van der Waals surface area contributed by atoms with E-state index in [-0.39, 0.29) is 33.8 Å². The lowest BCUT2D eigenvalue weighted by molar-refractivity contribution is 0.0970. The SMILES string of the molecule is COc1cc(O)c2c(c1)C(=O)c1c(O)c(OC)cc(O)c1C2=O. The number of ketones is 2. The topological polar surface area (TPSA) is 113 Å². The Morgan fingerprint density at radius 1 is 0.783 bits per heavy atom. The van der Waals surface area contributed by atoms with Crippen molar-refractivity contribution in [2.45, 2.75) is 0 Å². The number of rotatable bonds is 2. The lowest BCUT2D eigenvalue weighted by Gasteiger charge is -2.21. The molecule has 0 spiro atoms. The highest BCUT2D eigenvalue weighted by molar-refractivity contribution is 6.31. The molecule has 118 valence electrons. The zero-order chi connectivity index (χ0) is 16.9. The van der Waals surface area contributed by atoms with Gasteiger partial charge in [0.25, 0.3) is 0 Å². The van der Waals surface area contributed by atoms with Crippen LogP contribution in [0.4, 0.5) is 0 Å². The van der Waals surface area contributed by atoms with Gasteiger partial charge in [-0.1, -0.05) is 0 Å². The smallest absolute Gasteiger partial charge is 0.202 e. The number of carbonyl (C=O) groups excluding carboxylic acids is 2. The molecule has 0 saturated heterocycles. The van der Waals surface area contributed by atoms with E-state index in [1.54, 1.807) is 0 Å². The van der Waals surface area contributed by atoms with Crippen molar-refractivity contribution in [3.05, 3.63) is 40.5 Å². The van der Waals surface area contributed by atoms with Gasteiger partial charge in [-0.05, 0) is 6.07 Å². The van der Waals surface area contributed by atoms with Gasteiger partial charge in [-0.3, -0.25) is 9.59 Å². The molecule has 23 heavy (non-hydrogen) atoms. The number of phenols is 3. The molecule has 2 aromatic rings. The summed E-state index contributed by atoms with van der Waals surface area (Å²) in [5.74, 6) is -2.98. The molecule has 0 atom stereocenters. The second-order valence-electron chi connectivity index (χ2n) is 4.92. The van der Waals surface area contributed by atoms with Crippen LogP contribution in [-0.4, -0.2) is 41.1 Å². The lowest BCUT2D eigenvalue weighted by atomic mass is 9.82. The molecule has 3 rings (SSSR count). The van der Waals surface area contributed by atoms with Crippen molar-refractivity contribution in [3.63, 3.8) is 0 Å². The van der Waals surface area contributed by atoms with Gasteiger partial charge in [0.2, 0.25) is 5.78 Å². The Kier molecular flexibility index (Phi) is 3.14. The van der Waals surface area contributed by atoms with Gasteiger partial charge in [0.1, 0.15) is 17.2 Å². The molecule has 7 heteroatoms. The van der Waals surface area contributed by atoms with E-state index < -0.39 is 28.8 Å². The van der Waals surface area contributed by atoms with E-state index in [0.29, 0.717) is 0 Å². The van der Waals surface area contributed by atoms with E-state index in [0.717, 1.165) is 6.07 Å². The third-order valence-corrected chi connectivity index (χ3v) is 3.72. The molecule has 0 saturated carbocycles. The first-order valence-corrected chi connectivity index (χ1v) is 6.54. The number of phenolic OH excluding ortho intramolecular Hbond substituents is 3. The number of fused-ring (bicyclic) bond motifs is 2. The second kappa shape index (κ2) is 4.91. The van der Waals surface area contributed by atoms with Crippen molar-refractivity contribution in [2.24, 2.45) is 0 Å². The van der Waals surface area contributed by atoms with Crippen LogP contribution in [0.25, 0.3) is 0 Å². The number of hydrogen-bond acceptors (Lipinski definition) is 7. The first-order valence-electron chi connectivity index (χ1n) is 6.54. The summed E-state index contributed by atoms with van der Waals surface area (Å²) >= 11 is 0. The number of methoxy groups -OCH3 is 2. The third kappa shape index (κ3) is 1.90. The van der Waals surface area contributed by atoms with Gasteiger partial charge < -0.3 is 24.8 Å². The molecule has 0 aromatic heterocycles. The van der Waals surface area contributed by atoms with Gasteiger partial charge in [-0.25, -0.2) is 0 Å². The molecule has 0 unspecified atom stereocenters. The van der Waals surface area contributed by atoms with Crippen molar-refractivity contribution in [1.29, 1.82) is 0 Å². The van der Waals surface area contributed by atoms with Crippen LogP contribution in [0.15, 0.2) is 18.2 Å². The molecule has 3 N–H and O–H groups in total. The number of benzene rings is 2. The van der Waals surface area contributed by atoms with Gasteiger partial charge in [0, 0.05) is 17.7 Å². The van der Waals surface area contributed by atoms with Crippen LogP contribution < -0.4 is 9.47 Å². The van der Waals surface area contributed by atoms with E-state index >= 15 is 0 Å². The average molecular weight is 316 g/mol. The van der Waals surface area contributed by atoms with Crippen LogP contribution in [0.1, 0.15) is 31.8 Å². The standard InChI is InChI=1S/C16H12O7/c1-22-6-3-7-11(8(17)4-6)16(21)12-9(18)5-10(23-2)15(20)13(12)14(7)19/h3-5,17-18,20H,1-2H3. The van der Waals surface area contributed by atoms with Crippen molar-refractivity contribution in [3.8, 4) is 28.7 Å². The molecule has 0 bridgehead atoms. The fourth-order valence-corrected chi connectivity index (χ4v) is 2.64. The first kappa shape index (κ1) is 14.7. The zero-order valence-electron chi connectivity index (χ0n) is 12.2. The van der Waals surface area contributed by atoms with Crippen molar-refractivity contribution < 1.29 is 34.4 Å². The normalized spacial score (nSPS) is 12.6. The molecular formula is C16H12O7. The summed E-state index contributed by atoms with van der Waals surface area (Å²) in [6, 6.07) is 3.51. The van der Waals surface area contributed by atoms with Crippen molar-refractivity contribution in [2.75, 3.05) is 14.2 Å². The summed E-state index contributed by atoms with van der Waals surface area (Å²) in [7, 11) is 2.59. The minimum absolute atomic E-state index is 0.123. The average Bonchev–Trinajstić information content (AvgIpc) is 2.53. The Morgan fingerprint density at radius 2 is 1.43 bits per heavy atom. The molecule has 1 aliphatic rings. The van der Waals surface area contributed by atoms with E-state index in [4.69, 9.17) is 9.47 Å². The number of carbonyl (C=O) groups is 2. The van der Waals surface area contributed by atoms with E-state index in [2.05, 4.69) is 0 Å². The number of ether oxygens (including phenoxy) is 2. The van der Waals surface area contributed by atoms with Gasteiger partial charge in [-0.2, -0.15) is 0 Å². The first-order chi connectivity index (χ1) is 10.9. The van der Waals surface area contributed by atoms with Crippen LogP contribution in [0, 0.1) is 0 Å². The summed E-state index contributed by atoms with van der Waals surface area (Å²) in [4.78, 5) is 25.3. The highest BCUT2D eigenvalue weighted by atomic mass is 16.5. The Hall–Kier alpha value is -3.22. The largest absolute Gasteiger partial charge is 0.507 e. The quantitative estimate of drug-likeness (QED) is 0.615. The molecule has 0 heterocycles. The van der Waals surface area contributed by atoms with Crippen LogP contribution in [0.5, 0.6) is 28.7 Å². The molecule has 0 aliphatic heterocycles. The fourth-order valence-electron chi connectivity index (χ4n) is 2.64. The van der Waals surface area contributed by atoms with Gasteiger partial charge >= 0.3 is 0 Å².